The normalized spacial score (nSPS) is 19.1. The van der Waals surface area contributed by atoms with E-state index in [0.29, 0.717) is 11.3 Å². The third kappa shape index (κ3) is 4.23. The highest BCUT2D eigenvalue weighted by molar-refractivity contribution is 6.55. The molecule has 1 aromatic rings. The van der Waals surface area contributed by atoms with Crippen LogP contribution in [0.15, 0.2) is 23.7 Å². The Hall–Kier alpha value is -1.83. The van der Waals surface area contributed by atoms with E-state index in [1.165, 1.54) is 7.11 Å². The second kappa shape index (κ2) is 7.19. The molecule has 0 aromatic heterocycles. The van der Waals surface area contributed by atoms with Crippen molar-refractivity contribution in [3.8, 4) is 5.75 Å². The fraction of sp³-hybridized carbons (Fsp3) is 0.500. The molecule has 0 aliphatic carbocycles. The molecule has 1 aliphatic heterocycles. The van der Waals surface area contributed by atoms with Crippen LogP contribution in [0.1, 0.15) is 38.8 Å². The summed E-state index contributed by atoms with van der Waals surface area (Å²) in [5, 5.41) is 8.96. The predicted octanol–water partition coefficient (Wildman–Crippen LogP) is 2.30. The van der Waals surface area contributed by atoms with Crippen LogP contribution in [-0.2, 0) is 20.5 Å². The monoisotopic (exact) mass is 347 g/mol. The van der Waals surface area contributed by atoms with Gasteiger partial charge in [-0.1, -0.05) is 18.2 Å². The second-order valence-corrected chi connectivity index (χ2v) is 7.15. The van der Waals surface area contributed by atoms with Crippen molar-refractivity contribution in [2.24, 2.45) is 5.73 Å². The molecule has 1 fully saturated rings. The molecule has 25 heavy (non-hydrogen) atoms. The summed E-state index contributed by atoms with van der Waals surface area (Å²) >= 11 is 0. The zero-order chi connectivity index (χ0) is 18.8. The number of carboxylic acids is 1. The van der Waals surface area contributed by atoms with Gasteiger partial charge < -0.3 is 24.9 Å². The van der Waals surface area contributed by atoms with Gasteiger partial charge in [-0.15, -0.1) is 0 Å². The number of nitrogens with two attached hydrogens (primary N) is 1. The van der Waals surface area contributed by atoms with E-state index >= 15 is 0 Å². The van der Waals surface area contributed by atoms with Gasteiger partial charge in [0.05, 0.1) is 24.7 Å². The van der Waals surface area contributed by atoms with E-state index in [9.17, 15) is 4.79 Å². The van der Waals surface area contributed by atoms with E-state index in [-0.39, 0.29) is 13.0 Å². The lowest BCUT2D eigenvalue weighted by molar-refractivity contribution is -0.136. The minimum Gasteiger partial charge on any atom is -0.496 e. The van der Waals surface area contributed by atoms with Gasteiger partial charge in [-0.05, 0) is 44.8 Å². The van der Waals surface area contributed by atoms with E-state index in [0.717, 1.165) is 11.0 Å². The maximum atomic E-state index is 10.9. The summed E-state index contributed by atoms with van der Waals surface area (Å²) in [4.78, 5) is 10.9. The maximum Gasteiger partial charge on any atom is 0.491 e. The lowest BCUT2D eigenvalue weighted by Gasteiger charge is -2.32. The molecule has 0 amide bonds. The fourth-order valence-electron chi connectivity index (χ4n) is 2.59. The number of hydrogen-bond acceptors (Lipinski definition) is 5. The van der Waals surface area contributed by atoms with E-state index < -0.39 is 24.3 Å². The molecule has 7 heteroatoms. The van der Waals surface area contributed by atoms with Gasteiger partial charge >= 0.3 is 13.1 Å². The second-order valence-electron chi connectivity index (χ2n) is 7.15. The van der Waals surface area contributed by atoms with Gasteiger partial charge in [-0.2, -0.15) is 0 Å². The fourth-order valence-corrected chi connectivity index (χ4v) is 2.59. The Morgan fingerprint density at radius 2 is 1.88 bits per heavy atom. The molecule has 1 aliphatic rings. The average molecular weight is 347 g/mol. The van der Waals surface area contributed by atoms with Crippen molar-refractivity contribution in [2.75, 3.05) is 13.7 Å². The summed E-state index contributed by atoms with van der Waals surface area (Å²) in [5.74, 6) is -0.372. The molecule has 0 atom stereocenters. The Labute approximate surface area is 149 Å². The summed E-state index contributed by atoms with van der Waals surface area (Å²) in [7, 11) is 1.01. The van der Waals surface area contributed by atoms with E-state index in [2.05, 4.69) is 0 Å². The molecular formula is C18H26BNO5. The van der Waals surface area contributed by atoms with E-state index in [1.807, 2.05) is 39.8 Å². The highest BCUT2D eigenvalue weighted by Crippen LogP contribution is 2.38. The van der Waals surface area contributed by atoms with Crippen LogP contribution in [0.25, 0.3) is 6.08 Å². The molecule has 0 spiro atoms. The number of methoxy groups -OCH3 is 1. The largest absolute Gasteiger partial charge is 0.496 e. The third-order valence-electron chi connectivity index (χ3n) is 4.80. The number of aliphatic carboxylic acids is 1. The first-order valence-corrected chi connectivity index (χ1v) is 8.24. The van der Waals surface area contributed by atoms with Crippen molar-refractivity contribution >= 4 is 19.2 Å². The summed E-state index contributed by atoms with van der Waals surface area (Å²) in [5.41, 5.74) is 7.32. The standard InChI is InChI=1S/C18H26BNO5/c1-17(2)18(3,4)25-19(24-17)14(11-20)8-12-6-7-13(10-16(21)22)15(9-12)23-5/h6-9H,10-11,20H2,1-5H3,(H,21,22). The molecule has 2 rings (SSSR count). The van der Waals surface area contributed by atoms with E-state index in [4.69, 9.17) is 24.9 Å². The van der Waals surface area contributed by atoms with E-state index in [1.54, 1.807) is 12.1 Å². The smallest absolute Gasteiger partial charge is 0.491 e. The Morgan fingerprint density at radius 1 is 1.28 bits per heavy atom. The van der Waals surface area contributed by atoms with Crippen molar-refractivity contribution in [3.05, 3.63) is 34.8 Å². The molecule has 1 heterocycles. The Balaban J connectivity index is 2.30. The number of hydrogen-bond donors (Lipinski definition) is 2. The first-order valence-electron chi connectivity index (χ1n) is 8.24. The molecule has 0 unspecified atom stereocenters. The van der Waals surface area contributed by atoms with Gasteiger partial charge in [0.15, 0.2) is 0 Å². The number of rotatable bonds is 6. The maximum absolute atomic E-state index is 10.9. The molecule has 1 aromatic carbocycles. The summed E-state index contributed by atoms with van der Waals surface area (Å²) in [6.07, 6.45) is 1.81. The van der Waals surface area contributed by atoms with Crippen molar-refractivity contribution in [2.45, 2.75) is 45.3 Å². The lowest BCUT2D eigenvalue weighted by atomic mass is 9.77. The SMILES string of the molecule is COc1cc(C=C(CN)B2OC(C)(C)C(C)(C)O2)ccc1CC(=O)O. The molecule has 0 radical (unpaired) electrons. The number of carbonyl (C=O) groups is 1. The molecule has 0 bridgehead atoms. The number of ether oxygens (including phenoxy) is 1. The van der Waals surface area contributed by atoms with Crippen molar-refractivity contribution in [1.82, 2.24) is 0 Å². The van der Waals surface area contributed by atoms with Crippen LogP contribution in [-0.4, -0.2) is 43.1 Å². The van der Waals surface area contributed by atoms with Gasteiger partial charge in [0.2, 0.25) is 0 Å². The number of benzene rings is 1. The van der Waals surface area contributed by atoms with Crippen LogP contribution in [0.2, 0.25) is 0 Å². The van der Waals surface area contributed by atoms with Gasteiger partial charge in [0.1, 0.15) is 5.75 Å². The highest BCUT2D eigenvalue weighted by Gasteiger charge is 2.52. The minimum atomic E-state index is -0.901. The molecular weight excluding hydrogens is 321 g/mol. The Bertz CT molecular complexity index is 668. The Kier molecular flexibility index (Phi) is 5.61. The predicted molar refractivity (Wildman–Crippen MR) is 97.4 cm³/mol. The minimum absolute atomic E-state index is 0.0891. The molecule has 6 nitrogen and oxygen atoms in total. The number of carboxylic acid groups (broad SMARTS) is 1. The highest BCUT2D eigenvalue weighted by atomic mass is 16.7. The lowest BCUT2D eigenvalue weighted by Crippen LogP contribution is -2.41. The first-order chi connectivity index (χ1) is 11.6. The Morgan fingerprint density at radius 3 is 2.36 bits per heavy atom. The zero-order valence-electron chi connectivity index (χ0n) is 15.5. The van der Waals surface area contributed by atoms with Crippen molar-refractivity contribution in [1.29, 1.82) is 0 Å². The van der Waals surface area contributed by atoms with Gasteiger partial charge in [-0.25, -0.2) is 0 Å². The summed E-state index contributed by atoms with van der Waals surface area (Å²) < 4.78 is 17.4. The molecule has 136 valence electrons. The molecule has 1 saturated heterocycles. The van der Waals surface area contributed by atoms with Crippen LogP contribution >= 0.6 is 0 Å². The van der Waals surface area contributed by atoms with Crippen molar-refractivity contribution in [3.63, 3.8) is 0 Å². The third-order valence-corrected chi connectivity index (χ3v) is 4.80. The van der Waals surface area contributed by atoms with Crippen LogP contribution in [0.4, 0.5) is 0 Å². The van der Waals surface area contributed by atoms with Crippen LogP contribution in [0.3, 0.4) is 0 Å². The summed E-state index contributed by atoms with van der Waals surface area (Å²) in [6, 6.07) is 5.37. The first kappa shape index (κ1) is 19.5. The molecule has 3 N–H and O–H groups in total. The van der Waals surface area contributed by atoms with Gasteiger partial charge in [0.25, 0.3) is 0 Å². The zero-order valence-corrected chi connectivity index (χ0v) is 15.5. The quantitative estimate of drug-likeness (QED) is 0.768. The summed E-state index contributed by atoms with van der Waals surface area (Å²) in [6.45, 7) is 8.25. The van der Waals surface area contributed by atoms with Crippen LogP contribution in [0, 0.1) is 0 Å². The molecule has 0 saturated carbocycles. The van der Waals surface area contributed by atoms with Crippen molar-refractivity contribution < 1.29 is 23.9 Å². The van der Waals surface area contributed by atoms with Gasteiger partial charge in [0, 0.05) is 12.1 Å². The van der Waals surface area contributed by atoms with Crippen LogP contribution < -0.4 is 10.5 Å². The van der Waals surface area contributed by atoms with Gasteiger partial charge in [-0.3, -0.25) is 4.79 Å². The average Bonchev–Trinajstić information content (AvgIpc) is 2.73. The topological polar surface area (TPSA) is 91.0 Å². The van der Waals surface area contributed by atoms with Crippen LogP contribution in [0.5, 0.6) is 5.75 Å².